The largest absolute Gasteiger partial charge is 0.377 e. The smallest absolute Gasteiger partial charge is 0.267 e. The second-order valence-electron chi connectivity index (χ2n) is 9.19. The molecule has 1 aliphatic heterocycles. The monoisotopic (exact) mass is 528 g/mol. The minimum absolute atomic E-state index is 0.217. The number of aromatic nitrogens is 3. The summed E-state index contributed by atoms with van der Waals surface area (Å²) in [5.74, 6) is 1.46. The summed E-state index contributed by atoms with van der Waals surface area (Å²) in [5, 5.41) is 4.25. The number of hydrogen-bond acceptors (Lipinski definition) is 8. The van der Waals surface area contributed by atoms with Crippen molar-refractivity contribution in [2.75, 3.05) is 49.5 Å². The zero-order chi connectivity index (χ0) is 25.7. The molecule has 10 heteroatoms. The van der Waals surface area contributed by atoms with Crippen LogP contribution in [0.1, 0.15) is 45.6 Å². The molecule has 1 amide bonds. The number of para-hydroxylation sites is 1. The van der Waals surface area contributed by atoms with Crippen molar-refractivity contribution >= 4 is 40.4 Å². The van der Waals surface area contributed by atoms with Crippen molar-refractivity contribution in [2.45, 2.75) is 40.2 Å². The average Bonchev–Trinajstić information content (AvgIpc) is 3.30. The third-order valence-corrected chi connectivity index (χ3v) is 7.31. The van der Waals surface area contributed by atoms with Crippen molar-refractivity contribution < 1.29 is 9.53 Å². The highest BCUT2D eigenvalue weighted by Crippen LogP contribution is 2.27. The van der Waals surface area contributed by atoms with Crippen LogP contribution in [-0.2, 0) is 11.2 Å². The number of ether oxygens (including phenoxy) is 1. The van der Waals surface area contributed by atoms with Gasteiger partial charge in [-0.15, -0.1) is 11.3 Å². The second kappa shape index (κ2) is 12.1. The molecule has 0 bridgehead atoms. The number of piperazine rings is 1. The molecule has 3 aromatic rings. The van der Waals surface area contributed by atoms with Gasteiger partial charge in [-0.25, -0.2) is 15.0 Å². The van der Waals surface area contributed by atoms with E-state index in [0.717, 1.165) is 67.2 Å². The van der Waals surface area contributed by atoms with Gasteiger partial charge in [-0.2, -0.15) is 0 Å². The van der Waals surface area contributed by atoms with Crippen LogP contribution in [0.15, 0.2) is 30.5 Å². The number of carbonyl (C=O) groups is 1. The number of rotatable bonds is 9. The first kappa shape index (κ1) is 26.5. The van der Waals surface area contributed by atoms with E-state index in [1.807, 2.05) is 32.0 Å². The van der Waals surface area contributed by atoms with E-state index in [4.69, 9.17) is 16.3 Å². The summed E-state index contributed by atoms with van der Waals surface area (Å²) in [7, 11) is 0. The minimum atomic E-state index is -0.217. The fourth-order valence-electron chi connectivity index (χ4n) is 4.10. The molecule has 192 valence electrons. The first-order valence-corrected chi connectivity index (χ1v) is 13.4. The summed E-state index contributed by atoms with van der Waals surface area (Å²) in [6.07, 6.45) is 2.42. The summed E-state index contributed by atoms with van der Waals surface area (Å²) < 4.78 is 5.69. The average molecular weight is 529 g/mol. The molecular weight excluding hydrogens is 496 g/mol. The lowest BCUT2D eigenvalue weighted by atomic mass is 10.2. The number of nitrogens with zero attached hydrogens (tertiary/aromatic N) is 5. The summed E-state index contributed by atoms with van der Waals surface area (Å²) in [4.78, 5) is 31.8. The SMILES string of the molecule is Cc1nc(Cc2ncc(C(=O)Nc3c(C)cccc3Cl)s2)cc(N2CCN(CCOC(C)C)CC2)n1. The molecule has 1 N–H and O–H groups in total. The summed E-state index contributed by atoms with van der Waals surface area (Å²) >= 11 is 7.62. The molecule has 0 unspecified atom stereocenters. The quantitative estimate of drug-likeness (QED) is 0.434. The maximum atomic E-state index is 12.8. The van der Waals surface area contributed by atoms with Crippen molar-refractivity contribution in [2.24, 2.45) is 0 Å². The number of nitrogens with one attached hydrogen (secondary N) is 1. The van der Waals surface area contributed by atoms with Gasteiger partial charge in [0.2, 0.25) is 0 Å². The van der Waals surface area contributed by atoms with Crippen LogP contribution in [0.4, 0.5) is 11.5 Å². The highest BCUT2D eigenvalue weighted by Gasteiger charge is 2.20. The first-order valence-electron chi connectivity index (χ1n) is 12.2. The van der Waals surface area contributed by atoms with Crippen molar-refractivity contribution in [1.82, 2.24) is 19.9 Å². The van der Waals surface area contributed by atoms with Crippen molar-refractivity contribution in [3.05, 3.63) is 62.5 Å². The molecule has 8 nitrogen and oxygen atoms in total. The minimum Gasteiger partial charge on any atom is -0.377 e. The molecule has 1 aromatic carbocycles. The number of halogens is 1. The van der Waals surface area contributed by atoms with E-state index in [1.165, 1.54) is 11.3 Å². The van der Waals surface area contributed by atoms with Gasteiger partial charge in [-0.3, -0.25) is 9.69 Å². The zero-order valence-corrected chi connectivity index (χ0v) is 22.8. The number of anilines is 2. The predicted molar refractivity (Wildman–Crippen MR) is 146 cm³/mol. The maximum Gasteiger partial charge on any atom is 0.267 e. The predicted octanol–water partition coefficient (Wildman–Crippen LogP) is 4.59. The van der Waals surface area contributed by atoms with Gasteiger partial charge in [-0.05, 0) is 39.3 Å². The lowest BCUT2D eigenvalue weighted by Crippen LogP contribution is -2.47. The Labute approximate surface area is 221 Å². The van der Waals surface area contributed by atoms with Crippen molar-refractivity contribution in [1.29, 1.82) is 0 Å². The number of thiazole rings is 1. The fraction of sp³-hybridized carbons (Fsp3) is 0.462. The number of carbonyl (C=O) groups excluding carboxylic acids is 1. The van der Waals surface area contributed by atoms with Gasteiger partial charge in [0.25, 0.3) is 5.91 Å². The van der Waals surface area contributed by atoms with E-state index in [9.17, 15) is 4.79 Å². The Hall–Kier alpha value is -2.59. The number of hydrogen-bond donors (Lipinski definition) is 1. The molecule has 0 radical (unpaired) electrons. The molecule has 3 heterocycles. The van der Waals surface area contributed by atoms with Crippen LogP contribution in [0, 0.1) is 13.8 Å². The van der Waals surface area contributed by atoms with Gasteiger partial charge in [0, 0.05) is 45.2 Å². The van der Waals surface area contributed by atoms with Gasteiger partial charge in [-0.1, -0.05) is 23.7 Å². The molecular formula is C26H33ClN6O2S. The van der Waals surface area contributed by atoms with Crippen LogP contribution in [0.2, 0.25) is 5.02 Å². The molecule has 36 heavy (non-hydrogen) atoms. The number of amides is 1. The Morgan fingerprint density at radius 1 is 1.19 bits per heavy atom. The number of benzene rings is 1. The van der Waals surface area contributed by atoms with Crippen LogP contribution < -0.4 is 10.2 Å². The highest BCUT2D eigenvalue weighted by molar-refractivity contribution is 7.13. The van der Waals surface area contributed by atoms with Crippen LogP contribution in [0.3, 0.4) is 0 Å². The Bertz CT molecular complexity index is 1170. The lowest BCUT2D eigenvalue weighted by molar-refractivity contribution is 0.0578. The molecule has 0 saturated carbocycles. The van der Waals surface area contributed by atoms with E-state index in [1.54, 1.807) is 12.3 Å². The standard InChI is InChI=1S/C26H33ClN6O2S/c1-17(2)35-13-12-32-8-10-33(11-9-32)23-14-20(29-19(4)30-23)15-24-28-16-22(36-24)26(34)31-25-18(3)6-5-7-21(25)27/h5-7,14,16-17H,8-13,15H2,1-4H3,(H,31,34). The Balaban J connectivity index is 1.37. The molecule has 0 spiro atoms. The summed E-state index contributed by atoms with van der Waals surface area (Å²) in [6.45, 7) is 13.5. The van der Waals surface area contributed by atoms with E-state index >= 15 is 0 Å². The number of aryl methyl sites for hydroxylation is 2. The zero-order valence-electron chi connectivity index (χ0n) is 21.3. The molecule has 1 saturated heterocycles. The van der Waals surface area contributed by atoms with E-state index in [0.29, 0.717) is 22.0 Å². The van der Waals surface area contributed by atoms with Gasteiger partial charge < -0.3 is 15.0 Å². The van der Waals surface area contributed by atoms with E-state index in [-0.39, 0.29) is 12.0 Å². The van der Waals surface area contributed by atoms with Gasteiger partial charge >= 0.3 is 0 Å². The van der Waals surface area contributed by atoms with Crippen LogP contribution in [0.5, 0.6) is 0 Å². The fourth-order valence-corrected chi connectivity index (χ4v) is 5.20. The Morgan fingerprint density at radius 3 is 2.69 bits per heavy atom. The van der Waals surface area contributed by atoms with E-state index < -0.39 is 0 Å². The van der Waals surface area contributed by atoms with Crippen molar-refractivity contribution in [3.63, 3.8) is 0 Å². The Kier molecular flexibility index (Phi) is 8.90. The van der Waals surface area contributed by atoms with Gasteiger partial charge in [0.05, 0.1) is 40.3 Å². The maximum absolute atomic E-state index is 12.8. The third-order valence-electron chi connectivity index (χ3n) is 6.00. The molecule has 1 aliphatic rings. The highest BCUT2D eigenvalue weighted by atomic mass is 35.5. The molecule has 0 atom stereocenters. The molecule has 4 rings (SSSR count). The van der Waals surface area contributed by atoms with Gasteiger partial charge in [0.15, 0.2) is 0 Å². The van der Waals surface area contributed by atoms with Crippen LogP contribution in [-0.4, -0.2) is 71.2 Å². The second-order valence-corrected chi connectivity index (χ2v) is 10.7. The van der Waals surface area contributed by atoms with Crippen LogP contribution >= 0.6 is 22.9 Å². The lowest BCUT2D eigenvalue weighted by Gasteiger charge is -2.35. The van der Waals surface area contributed by atoms with Crippen molar-refractivity contribution in [3.8, 4) is 0 Å². The Morgan fingerprint density at radius 2 is 1.97 bits per heavy atom. The third kappa shape index (κ3) is 7.00. The van der Waals surface area contributed by atoms with Crippen LogP contribution in [0.25, 0.3) is 0 Å². The molecule has 2 aromatic heterocycles. The van der Waals surface area contributed by atoms with E-state index in [2.05, 4.69) is 43.9 Å². The van der Waals surface area contributed by atoms with Gasteiger partial charge in [0.1, 0.15) is 16.5 Å². The first-order chi connectivity index (χ1) is 17.3. The molecule has 0 aliphatic carbocycles. The normalized spacial score (nSPS) is 14.4. The summed E-state index contributed by atoms with van der Waals surface area (Å²) in [5.41, 5.74) is 2.44. The molecule has 1 fully saturated rings. The topological polar surface area (TPSA) is 83.5 Å². The summed E-state index contributed by atoms with van der Waals surface area (Å²) in [6, 6.07) is 7.58.